The highest BCUT2D eigenvalue weighted by Gasteiger charge is 2.05. The van der Waals surface area contributed by atoms with Gasteiger partial charge in [0, 0.05) is 0 Å². The second-order valence-electron chi connectivity index (χ2n) is 6.10. The Morgan fingerprint density at radius 2 is 0.821 bits per heavy atom. The van der Waals surface area contributed by atoms with Crippen LogP contribution in [0.1, 0.15) is 0 Å². The molecule has 0 aliphatic carbocycles. The zero-order valence-corrected chi connectivity index (χ0v) is 16.0. The van der Waals surface area contributed by atoms with Gasteiger partial charge in [0.2, 0.25) is 0 Å². The van der Waals surface area contributed by atoms with Gasteiger partial charge >= 0.3 is 0 Å². The van der Waals surface area contributed by atoms with Crippen LogP contribution in [0.4, 0.5) is 0 Å². The highest BCUT2D eigenvalue weighted by atomic mass is 32.2. The second-order valence-corrected chi connectivity index (χ2v) is 7.52. The largest absolute Gasteiger partial charge is 0.294 e. The summed E-state index contributed by atoms with van der Waals surface area (Å²) >= 11 is 0. The Bertz CT molecular complexity index is 1050. The predicted octanol–water partition coefficient (Wildman–Crippen LogP) is 5.95. The van der Waals surface area contributed by atoms with Crippen molar-refractivity contribution in [3.63, 3.8) is 0 Å². The Hall–Kier alpha value is -3.21. The predicted molar refractivity (Wildman–Crippen MR) is 114 cm³/mol. The molecule has 4 aromatic rings. The van der Waals surface area contributed by atoms with Crippen molar-refractivity contribution in [2.45, 2.75) is 4.90 Å². The first-order chi connectivity index (χ1) is 13.5. The van der Waals surface area contributed by atoms with Crippen LogP contribution in [0.3, 0.4) is 0 Å². The van der Waals surface area contributed by atoms with Crippen LogP contribution in [-0.4, -0.2) is 13.0 Å². The summed E-state index contributed by atoms with van der Waals surface area (Å²) in [5.41, 5.74) is 5.04. The standard InChI is InChI=1S/C18H14.C6H6O3S/c1-3-8-15(9-4-1)17-12-7-13-18(14-17)16-10-5-2-6-11-16;7-10(8,9)6-4-2-1-3-5-6/h1-14H;1-5H,(H,7,8,9). The van der Waals surface area contributed by atoms with E-state index in [2.05, 4.69) is 72.8 Å². The van der Waals surface area contributed by atoms with Crippen LogP contribution >= 0.6 is 0 Å². The summed E-state index contributed by atoms with van der Waals surface area (Å²) in [4.78, 5) is -0.0741. The summed E-state index contributed by atoms with van der Waals surface area (Å²) in [6.07, 6.45) is 0. The fourth-order valence-electron chi connectivity index (χ4n) is 2.73. The van der Waals surface area contributed by atoms with Crippen molar-refractivity contribution in [1.82, 2.24) is 0 Å². The van der Waals surface area contributed by atoms with Crippen molar-refractivity contribution in [3.8, 4) is 22.3 Å². The zero-order valence-electron chi connectivity index (χ0n) is 15.1. The Morgan fingerprint density at radius 1 is 0.464 bits per heavy atom. The molecule has 3 nitrogen and oxygen atoms in total. The van der Waals surface area contributed by atoms with Gasteiger partial charge in [-0.25, -0.2) is 0 Å². The van der Waals surface area contributed by atoms with Gasteiger partial charge in [-0.1, -0.05) is 97.1 Å². The average molecular weight is 388 g/mol. The lowest BCUT2D eigenvalue weighted by atomic mass is 9.99. The lowest BCUT2D eigenvalue weighted by molar-refractivity contribution is 0.483. The van der Waals surface area contributed by atoms with Gasteiger partial charge in [-0.15, -0.1) is 0 Å². The summed E-state index contributed by atoms with van der Waals surface area (Å²) < 4.78 is 29.2. The molecule has 0 bridgehead atoms. The first-order valence-electron chi connectivity index (χ1n) is 8.77. The molecular weight excluding hydrogens is 368 g/mol. The molecule has 0 saturated heterocycles. The molecule has 0 aliphatic heterocycles. The number of hydrogen-bond donors (Lipinski definition) is 1. The zero-order chi connectivity index (χ0) is 19.8. The summed E-state index contributed by atoms with van der Waals surface area (Å²) in [6.45, 7) is 0. The van der Waals surface area contributed by atoms with Crippen molar-refractivity contribution < 1.29 is 13.0 Å². The van der Waals surface area contributed by atoms with Gasteiger partial charge in [0.15, 0.2) is 0 Å². The third kappa shape index (κ3) is 5.39. The van der Waals surface area contributed by atoms with Crippen molar-refractivity contribution in [1.29, 1.82) is 0 Å². The van der Waals surface area contributed by atoms with E-state index in [1.165, 1.54) is 34.4 Å². The van der Waals surface area contributed by atoms with E-state index >= 15 is 0 Å². The van der Waals surface area contributed by atoms with Gasteiger partial charge in [0.25, 0.3) is 10.1 Å². The molecule has 0 saturated carbocycles. The normalized spacial score (nSPS) is 10.6. The van der Waals surface area contributed by atoms with Gasteiger partial charge in [-0.05, 0) is 40.5 Å². The minimum absolute atomic E-state index is 0.0741. The summed E-state index contributed by atoms with van der Waals surface area (Å²) in [6, 6.07) is 37.0. The quantitative estimate of drug-likeness (QED) is 0.441. The third-order valence-electron chi connectivity index (χ3n) is 4.12. The maximum absolute atomic E-state index is 10.4. The minimum atomic E-state index is -4.00. The van der Waals surface area contributed by atoms with E-state index in [1.807, 2.05) is 12.1 Å². The molecule has 4 rings (SSSR count). The van der Waals surface area contributed by atoms with Gasteiger partial charge in [0.05, 0.1) is 4.90 Å². The van der Waals surface area contributed by atoms with Crippen molar-refractivity contribution in [3.05, 3.63) is 115 Å². The smallest absolute Gasteiger partial charge is 0.282 e. The molecule has 28 heavy (non-hydrogen) atoms. The molecule has 0 aromatic heterocycles. The Labute approximate surface area is 165 Å². The molecule has 0 spiro atoms. The molecule has 140 valence electrons. The van der Waals surface area contributed by atoms with E-state index in [0.29, 0.717) is 0 Å². The summed E-state index contributed by atoms with van der Waals surface area (Å²) in [5.74, 6) is 0. The molecule has 4 heteroatoms. The number of hydrogen-bond acceptors (Lipinski definition) is 2. The molecule has 0 fully saturated rings. The molecule has 0 heterocycles. The molecule has 1 N–H and O–H groups in total. The van der Waals surface area contributed by atoms with Gasteiger partial charge in [0.1, 0.15) is 0 Å². The maximum atomic E-state index is 10.4. The van der Waals surface area contributed by atoms with Crippen LogP contribution in [0.15, 0.2) is 120 Å². The summed E-state index contributed by atoms with van der Waals surface area (Å²) in [7, 11) is -4.00. The Balaban J connectivity index is 0.000000192. The van der Waals surface area contributed by atoms with Crippen LogP contribution in [0.2, 0.25) is 0 Å². The van der Waals surface area contributed by atoms with Crippen LogP contribution in [0, 0.1) is 0 Å². The Morgan fingerprint density at radius 3 is 1.18 bits per heavy atom. The topological polar surface area (TPSA) is 54.4 Å². The third-order valence-corrected chi connectivity index (χ3v) is 4.99. The molecule has 0 radical (unpaired) electrons. The van der Waals surface area contributed by atoms with E-state index in [9.17, 15) is 8.42 Å². The van der Waals surface area contributed by atoms with Gasteiger partial charge < -0.3 is 0 Å². The SMILES string of the molecule is O=S(=O)(O)c1ccccc1.c1ccc(-c2cccc(-c3ccccc3)c2)cc1. The molecular formula is C24H20O3S. The fourth-order valence-corrected chi connectivity index (χ4v) is 3.23. The van der Waals surface area contributed by atoms with E-state index < -0.39 is 10.1 Å². The molecule has 0 aliphatic rings. The highest BCUT2D eigenvalue weighted by molar-refractivity contribution is 7.85. The number of rotatable bonds is 3. The molecule has 0 unspecified atom stereocenters. The summed E-state index contributed by atoms with van der Waals surface area (Å²) in [5, 5.41) is 0. The molecule has 4 aromatic carbocycles. The lowest BCUT2D eigenvalue weighted by Gasteiger charge is -2.05. The van der Waals surface area contributed by atoms with Crippen LogP contribution in [0.5, 0.6) is 0 Å². The maximum Gasteiger partial charge on any atom is 0.294 e. The lowest BCUT2D eigenvalue weighted by Crippen LogP contribution is -1.96. The van der Waals surface area contributed by atoms with Crippen LogP contribution in [0.25, 0.3) is 22.3 Å². The number of benzene rings is 4. The monoisotopic (exact) mass is 388 g/mol. The minimum Gasteiger partial charge on any atom is -0.282 e. The van der Waals surface area contributed by atoms with Crippen molar-refractivity contribution in [2.24, 2.45) is 0 Å². The van der Waals surface area contributed by atoms with Crippen molar-refractivity contribution >= 4 is 10.1 Å². The fraction of sp³-hybridized carbons (Fsp3) is 0. The van der Waals surface area contributed by atoms with Gasteiger partial charge in [-0.3, -0.25) is 4.55 Å². The van der Waals surface area contributed by atoms with E-state index in [4.69, 9.17) is 4.55 Å². The molecule has 0 atom stereocenters. The van der Waals surface area contributed by atoms with Gasteiger partial charge in [-0.2, -0.15) is 8.42 Å². The van der Waals surface area contributed by atoms with Crippen molar-refractivity contribution in [2.75, 3.05) is 0 Å². The van der Waals surface area contributed by atoms with E-state index in [-0.39, 0.29) is 4.90 Å². The van der Waals surface area contributed by atoms with Crippen LogP contribution in [-0.2, 0) is 10.1 Å². The highest BCUT2D eigenvalue weighted by Crippen LogP contribution is 2.25. The Kier molecular flexibility index (Phi) is 6.37. The first-order valence-corrected chi connectivity index (χ1v) is 10.2. The second kappa shape index (κ2) is 9.13. The average Bonchev–Trinajstić information content (AvgIpc) is 2.76. The van der Waals surface area contributed by atoms with E-state index in [1.54, 1.807) is 18.2 Å². The molecule has 0 amide bonds. The first kappa shape index (κ1) is 19.5. The van der Waals surface area contributed by atoms with Crippen LogP contribution < -0.4 is 0 Å². The van der Waals surface area contributed by atoms with E-state index in [0.717, 1.165) is 0 Å².